The Morgan fingerprint density at radius 1 is 1.33 bits per heavy atom. The van der Waals surface area contributed by atoms with Gasteiger partial charge in [0.25, 0.3) is 0 Å². The first-order valence-electron chi connectivity index (χ1n) is 6.11. The summed E-state index contributed by atoms with van der Waals surface area (Å²) >= 11 is 0. The molecule has 0 radical (unpaired) electrons. The Morgan fingerprint density at radius 2 is 1.94 bits per heavy atom. The Labute approximate surface area is 109 Å². The Balaban J connectivity index is 3.08. The van der Waals surface area contributed by atoms with E-state index in [9.17, 15) is 4.79 Å². The van der Waals surface area contributed by atoms with E-state index in [1.807, 2.05) is 13.0 Å². The van der Waals surface area contributed by atoms with Gasteiger partial charge in [0.05, 0.1) is 12.7 Å². The van der Waals surface area contributed by atoms with Crippen LogP contribution in [0.2, 0.25) is 0 Å². The van der Waals surface area contributed by atoms with Gasteiger partial charge in [0, 0.05) is 17.4 Å². The Kier molecular flexibility index (Phi) is 4.59. The molecule has 1 aromatic rings. The van der Waals surface area contributed by atoms with Crippen LogP contribution in [0.3, 0.4) is 0 Å². The SMILES string of the molecule is COC(=O)c1cc(NC(C)C(C)C)cc(C)c1N. The summed E-state index contributed by atoms with van der Waals surface area (Å²) in [6.45, 7) is 8.27. The van der Waals surface area contributed by atoms with E-state index in [2.05, 4.69) is 26.1 Å². The number of nitrogens with two attached hydrogens (primary N) is 1. The number of ether oxygens (including phenoxy) is 1. The van der Waals surface area contributed by atoms with Crippen molar-refractivity contribution in [1.29, 1.82) is 0 Å². The lowest BCUT2D eigenvalue weighted by molar-refractivity contribution is 0.0602. The van der Waals surface area contributed by atoms with Gasteiger partial charge in [-0.1, -0.05) is 13.8 Å². The van der Waals surface area contributed by atoms with Gasteiger partial charge in [-0.15, -0.1) is 0 Å². The molecule has 4 nitrogen and oxygen atoms in total. The van der Waals surface area contributed by atoms with Crippen LogP contribution in [-0.2, 0) is 4.74 Å². The molecule has 3 N–H and O–H groups in total. The van der Waals surface area contributed by atoms with Crippen LogP contribution in [0.25, 0.3) is 0 Å². The highest BCUT2D eigenvalue weighted by molar-refractivity contribution is 5.97. The summed E-state index contributed by atoms with van der Waals surface area (Å²) in [5, 5.41) is 3.37. The molecule has 100 valence electrons. The summed E-state index contributed by atoms with van der Waals surface area (Å²) in [4.78, 5) is 11.6. The number of carbonyl (C=O) groups is 1. The lowest BCUT2D eigenvalue weighted by atomic mass is 10.0. The standard InChI is InChI=1S/C14H22N2O2/c1-8(2)10(4)16-11-6-9(3)13(15)12(7-11)14(17)18-5/h6-8,10,16H,15H2,1-5H3. The normalized spacial score (nSPS) is 12.3. The van der Waals surface area contributed by atoms with E-state index in [4.69, 9.17) is 10.5 Å². The predicted molar refractivity (Wildman–Crippen MR) is 74.9 cm³/mol. The van der Waals surface area contributed by atoms with Crippen LogP contribution in [0, 0.1) is 12.8 Å². The molecule has 0 aliphatic heterocycles. The minimum atomic E-state index is -0.406. The van der Waals surface area contributed by atoms with Gasteiger partial charge in [0.2, 0.25) is 0 Å². The molecule has 18 heavy (non-hydrogen) atoms. The monoisotopic (exact) mass is 250 g/mol. The maximum atomic E-state index is 11.6. The molecule has 0 amide bonds. The van der Waals surface area contributed by atoms with E-state index in [0.29, 0.717) is 23.2 Å². The van der Waals surface area contributed by atoms with Crippen LogP contribution < -0.4 is 11.1 Å². The Hall–Kier alpha value is -1.71. The molecule has 0 heterocycles. The zero-order chi connectivity index (χ0) is 13.9. The van der Waals surface area contributed by atoms with Gasteiger partial charge in [0.1, 0.15) is 0 Å². The molecule has 0 fully saturated rings. The van der Waals surface area contributed by atoms with E-state index in [1.54, 1.807) is 6.07 Å². The number of carbonyl (C=O) groups excluding carboxylic acids is 1. The molecule has 0 aromatic heterocycles. The van der Waals surface area contributed by atoms with Gasteiger partial charge in [-0.2, -0.15) is 0 Å². The minimum absolute atomic E-state index is 0.318. The van der Waals surface area contributed by atoms with Gasteiger partial charge < -0.3 is 15.8 Å². The first-order valence-corrected chi connectivity index (χ1v) is 6.11. The fourth-order valence-corrected chi connectivity index (χ4v) is 1.59. The molecule has 4 heteroatoms. The number of nitrogens with one attached hydrogen (secondary N) is 1. The molecule has 0 bridgehead atoms. The maximum Gasteiger partial charge on any atom is 0.340 e. The van der Waals surface area contributed by atoms with Crippen molar-refractivity contribution in [2.75, 3.05) is 18.2 Å². The van der Waals surface area contributed by atoms with Crippen molar-refractivity contribution in [2.45, 2.75) is 33.7 Å². The van der Waals surface area contributed by atoms with Crippen LogP contribution in [-0.4, -0.2) is 19.1 Å². The second-order valence-electron chi connectivity index (χ2n) is 4.92. The van der Waals surface area contributed by atoms with Crippen LogP contribution in [0.5, 0.6) is 0 Å². The highest BCUT2D eigenvalue weighted by atomic mass is 16.5. The molecule has 0 saturated carbocycles. The Morgan fingerprint density at radius 3 is 2.44 bits per heavy atom. The molecule has 0 saturated heterocycles. The molecule has 1 rings (SSSR count). The molecule has 0 spiro atoms. The second kappa shape index (κ2) is 5.76. The van der Waals surface area contributed by atoms with Crippen molar-refractivity contribution < 1.29 is 9.53 Å². The van der Waals surface area contributed by atoms with Gasteiger partial charge in [0.15, 0.2) is 0 Å². The van der Waals surface area contributed by atoms with E-state index in [-0.39, 0.29) is 0 Å². The van der Waals surface area contributed by atoms with Crippen molar-refractivity contribution in [3.8, 4) is 0 Å². The van der Waals surface area contributed by atoms with Crippen molar-refractivity contribution in [2.24, 2.45) is 5.92 Å². The molecular formula is C14H22N2O2. The highest BCUT2D eigenvalue weighted by Crippen LogP contribution is 2.24. The summed E-state index contributed by atoms with van der Waals surface area (Å²) in [5.41, 5.74) is 8.54. The highest BCUT2D eigenvalue weighted by Gasteiger charge is 2.15. The topological polar surface area (TPSA) is 64.3 Å². The minimum Gasteiger partial charge on any atom is -0.465 e. The summed E-state index contributed by atoms with van der Waals surface area (Å²) in [7, 11) is 1.36. The third-order valence-electron chi connectivity index (χ3n) is 3.19. The maximum absolute atomic E-state index is 11.6. The Bertz CT molecular complexity index is 442. The summed E-state index contributed by atoms with van der Waals surface area (Å²) in [6, 6.07) is 4.01. The lowest BCUT2D eigenvalue weighted by Crippen LogP contribution is -2.22. The first-order chi connectivity index (χ1) is 8.36. The molecule has 1 aromatic carbocycles. The third-order valence-corrected chi connectivity index (χ3v) is 3.19. The average molecular weight is 250 g/mol. The van der Waals surface area contributed by atoms with Crippen molar-refractivity contribution in [3.05, 3.63) is 23.3 Å². The smallest absolute Gasteiger partial charge is 0.340 e. The summed E-state index contributed by atoms with van der Waals surface area (Å²) in [6.07, 6.45) is 0. The van der Waals surface area contributed by atoms with E-state index >= 15 is 0 Å². The lowest BCUT2D eigenvalue weighted by Gasteiger charge is -2.20. The number of aryl methyl sites for hydroxylation is 1. The van der Waals surface area contributed by atoms with Crippen LogP contribution in [0.1, 0.15) is 36.7 Å². The summed E-state index contributed by atoms with van der Waals surface area (Å²) < 4.78 is 4.73. The first kappa shape index (κ1) is 14.4. The van der Waals surface area contributed by atoms with E-state index in [0.717, 1.165) is 11.3 Å². The van der Waals surface area contributed by atoms with E-state index < -0.39 is 5.97 Å². The second-order valence-corrected chi connectivity index (χ2v) is 4.92. The number of hydrogen-bond acceptors (Lipinski definition) is 4. The largest absolute Gasteiger partial charge is 0.465 e. The molecule has 0 aliphatic carbocycles. The zero-order valence-electron chi connectivity index (χ0n) is 11.7. The third kappa shape index (κ3) is 3.15. The zero-order valence-corrected chi connectivity index (χ0v) is 11.7. The van der Waals surface area contributed by atoms with Crippen molar-refractivity contribution in [1.82, 2.24) is 0 Å². The molecule has 1 unspecified atom stereocenters. The molecule has 1 atom stereocenters. The number of hydrogen-bond donors (Lipinski definition) is 2. The van der Waals surface area contributed by atoms with Gasteiger partial charge in [-0.05, 0) is 37.5 Å². The van der Waals surface area contributed by atoms with Crippen molar-refractivity contribution in [3.63, 3.8) is 0 Å². The van der Waals surface area contributed by atoms with Gasteiger partial charge >= 0.3 is 5.97 Å². The van der Waals surface area contributed by atoms with Crippen LogP contribution in [0.15, 0.2) is 12.1 Å². The number of nitrogen functional groups attached to an aromatic ring is 1. The number of methoxy groups -OCH3 is 1. The van der Waals surface area contributed by atoms with Gasteiger partial charge in [-0.3, -0.25) is 0 Å². The van der Waals surface area contributed by atoms with Crippen molar-refractivity contribution >= 4 is 17.3 Å². The molecular weight excluding hydrogens is 228 g/mol. The van der Waals surface area contributed by atoms with Gasteiger partial charge in [-0.25, -0.2) is 4.79 Å². The number of benzene rings is 1. The quantitative estimate of drug-likeness (QED) is 0.637. The number of anilines is 2. The average Bonchev–Trinajstić information content (AvgIpc) is 2.32. The molecule has 0 aliphatic rings. The van der Waals surface area contributed by atoms with E-state index in [1.165, 1.54) is 7.11 Å². The number of rotatable bonds is 4. The summed E-state index contributed by atoms with van der Waals surface area (Å²) in [5.74, 6) is 0.0980. The fourth-order valence-electron chi connectivity index (χ4n) is 1.59. The fraction of sp³-hybridized carbons (Fsp3) is 0.500. The van der Waals surface area contributed by atoms with Crippen LogP contribution in [0.4, 0.5) is 11.4 Å². The number of esters is 1. The predicted octanol–water partition coefficient (Wildman–Crippen LogP) is 2.82. The van der Waals surface area contributed by atoms with Crippen LogP contribution >= 0.6 is 0 Å².